The summed E-state index contributed by atoms with van der Waals surface area (Å²) in [5, 5.41) is 0. The fourth-order valence-electron chi connectivity index (χ4n) is 2.91. The number of hydrogen-bond acceptors (Lipinski definition) is 4. The Balaban J connectivity index is 1.66. The molecule has 7 heteroatoms. The fraction of sp³-hybridized carbons (Fsp3) is 0.348. The molecule has 0 radical (unpaired) electrons. The topological polar surface area (TPSA) is 48.6 Å². The molecule has 0 fully saturated rings. The summed E-state index contributed by atoms with van der Waals surface area (Å²) >= 11 is 0. The number of rotatable bonds is 11. The Labute approximate surface area is 176 Å². The highest BCUT2D eigenvalue weighted by atomic mass is 19.1. The second kappa shape index (κ2) is 10.6. The number of ether oxygens (including phenoxy) is 2. The predicted molar refractivity (Wildman–Crippen MR) is 116 cm³/mol. The van der Waals surface area contributed by atoms with Crippen molar-refractivity contribution in [1.82, 2.24) is 14.0 Å². The highest BCUT2D eigenvalue weighted by Gasteiger charge is 2.08. The predicted octanol–water partition coefficient (Wildman–Crippen LogP) is 3.70. The monoisotopic (exact) mass is 413 g/mol. The molecule has 1 heterocycles. The van der Waals surface area contributed by atoms with E-state index in [4.69, 9.17) is 9.47 Å². The van der Waals surface area contributed by atoms with Crippen LogP contribution in [0.2, 0.25) is 0 Å². The SMILES string of the molecule is CN(C)CCOc1ccc(-n2ccn(-c3ccc(OCCCCF)cc3)c2=O)cc1. The third-order valence-electron chi connectivity index (χ3n) is 4.61. The zero-order valence-electron chi connectivity index (χ0n) is 17.5. The highest BCUT2D eigenvalue weighted by molar-refractivity contribution is 5.40. The molecule has 3 aromatic rings. The largest absolute Gasteiger partial charge is 0.494 e. The van der Waals surface area contributed by atoms with Crippen LogP contribution in [-0.2, 0) is 0 Å². The standard InChI is InChI=1S/C23H28FN3O3/c1-25(2)16-18-30-22-11-7-20(8-12-22)27-15-14-26(23(27)28)19-5-9-21(10-6-19)29-17-4-3-13-24/h5-12,14-15H,3-4,13,16-18H2,1-2H3. The van der Waals surface area contributed by atoms with Crippen LogP contribution in [0.5, 0.6) is 11.5 Å². The van der Waals surface area contributed by atoms with Gasteiger partial charge in [0.2, 0.25) is 0 Å². The summed E-state index contributed by atoms with van der Waals surface area (Å²) < 4.78 is 26.6. The van der Waals surface area contributed by atoms with Gasteiger partial charge in [0, 0.05) is 18.9 Å². The summed E-state index contributed by atoms with van der Waals surface area (Å²) in [5.74, 6) is 1.48. The Morgan fingerprint density at radius 2 is 1.30 bits per heavy atom. The summed E-state index contributed by atoms with van der Waals surface area (Å²) in [4.78, 5) is 14.9. The van der Waals surface area contributed by atoms with Crippen molar-refractivity contribution in [1.29, 1.82) is 0 Å². The molecule has 0 saturated carbocycles. The van der Waals surface area contributed by atoms with Crippen LogP contribution in [0, 0.1) is 0 Å². The van der Waals surface area contributed by atoms with Crippen molar-refractivity contribution in [2.24, 2.45) is 0 Å². The van der Waals surface area contributed by atoms with Crippen LogP contribution in [0.15, 0.2) is 65.7 Å². The molecule has 2 aromatic carbocycles. The van der Waals surface area contributed by atoms with Crippen molar-refractivity contribution < 1.29 is 13.9 Å². The first-order valence-corrected chi connectivity index (χ1v) is 10.1. The maximum Gasteiger partial charge on any atom is 0.337 e. The summed E-state index contributed by atoms with van der Waals surface area (Å²) in [6.45, 7) is 1.60. The lowest BCUT2D eigenvalue weighted by atomic mass is 10.3. The van der Waals surface area contributed by atoms with E-state index in [2.05, 4.69) is 4.90 Å². The maximum absolute atomic E-state index is 12.9. The number of nitrogens with zero attached hydrogens (tertiary/aromatic N) is 3. The van der Waals surface area contributed by atoms with Gasteiger partial charge in [-0.3, -0.25) is 13.5 Å². The Morgan fingerprint density at radius 3 is 1.77 bits per heavy atom. The zero-order chi connectivity index (χ0) is 21.3. The molecule has 0 unspecified atom stereocenters. The number of imidazole rings is 1. The second-order valence-electron chi connectivity index (χ2n) is 7.20. The molecule has 30 heavy (non-hydrogen) atoms. The molecule has 1 aromatic heterocycles. The number of likely N-dealkylation sites (N-methyl/N-ethyl adjacent to an activating group) is 1. The second-order valence-corrected chi connectivity index (χ2v) is 7.20. The van der Waals surface area contributed by atoms with Crippen LogP contribution in [0.3, 0.4) is 0 Å². The van der Waals surface area contributed by atoms with Crippen molar-refractivity contribution >= 4 is 0 Å². The van der Waals surface area contributed by atoms with Crippen LogP contribution < -0.4 is 15.2 Å². The molecule has 0 amide bonds. The van der Waals surface area contributed by atoms with Gasteiger partial charge in [-0.2, -0.15) is 0 Å². The lowest BCUT2D eigenvalue weighted by Crippen LogP contribution is -2.21. The Morgan fingerprint density at radius 1 is 0.800 bits per heavy atom. The van der Waals surface area contributed by atoms with E-state index in [1.54, 1.807) is 21.5 Å². The molecule has 3 rings (SSSR count). The average molecular weight is 413 g/mol. The third-order valence-corrected chi connectivity index (χ3v) is 4.61. The summed E-state index contributed by atoms with van der Waals surface area (Å²) in [7, 11) is 4.00. The van der Waals surface area contributed by atoms with Gasteiger partial charge in [-0.25, -0.2) is 4.79 Å². The first-order chi connectivity index (χ1) is 14.6. The smallest absolute Gasteiger partial charge is 0.337 e. The van der Waals surface area contributed by atoms with E-state index in [0.717, 1.165) is 23.7 Å². The lowest BCUT2D eigenvalue weighted by molar-refractivity contribution is 0.261. The van der Waals surface area contributed by atoms with Gasteiger partial charge in [0.15, 0.2) is 0 Å². The number of alkyl halides is 1. The minimum absolute atomic E-state index is 0.159. The molecular weight excluding hydrogens is 385 g/mol. The van der Waals surface area contributed by atoms with Gasteiger partial charge in [-0.05, 0) is 75.5 Å². The molecule has 0 bridgehead atoms. The van der Waals surface area contributed by atoms with Gasteiger partial charge >= 0.3 is 5.69 Å². The van der Waals surface area contributed by atoms with Crippen LogP contribution in [-0.4, -0.2) is 54.6 Å². The minimum atomic E-state index is -0.325. The van der Waals surface area contributed by atoms with Gasteiger partial charge < -0.3 is 14.4 Å². The van der Waals surface area contributed by atoms with Gasteiger partial charge in [0.05, 0.1) is 24.7 Å². The van der Waals surface area contributed by atoms with Crippen molar-refractivity contribution in [2.75, 3.05) is 40.5 Å². The molecule has 0 aliphatic rings. The van der Waals surface area contributed by atoms with Gasteiger partial charge in [0.25, 0.3) is 0 Å². The van der Waals surface area contributed by atoms with E-state index in [1.165, 1.54) is 0 Å². The van der Waals surface area contributed by atoms with Crippen LogP contribution in [0.4, 0.5) is 4.39 Å². The van der Waals surface area contributed by atoms with E-state index < -0.39 is 0 Å². The quantitative estimate of drug-likeness (QED) is 0.450. The molecule has 0 atom stereocenters. The third kappa shape index (κ3) is 5.73. The molecule has 0 spiro atoms. The molecule has 0 saturated heterocycles. The number of halogens is 1. The normalized spacial score (nSPS) is 11.1. The molecule has 0 aliphatic carbocycles. The van der Waals surface area contributed by atoms with E-state index in [9.17, 15) is 9.18 Å². The Hall–Kier alpha value is -3.06. The minimum Gasteiger partial charge on any atom is -0.494 e. The highest BCUT2D eigenvalue weighted by Crippen LogP contribution is 2.17. The Bertz CT molecular complexity index is 963. The number of benzene rings is 2. The summed E-state index contributed by atoms with van der Waals surface area (Å²) in [6, 6.07) is 14.8. The maximum atomic E-state index is 12.9. The van der Waals surface area contributed by atoms with Crippen molar-refractivity contribution in [2.45, 2.75) is 12.8 Å². The molecular formula is C23H28FN3O3. The summed E-state index contributed by atoms with van der Waals surface area (Å²) in [6.07, 6.45) is 4.66. The fourth-order valence-corrected chi connectivity index (χ4v) is 2.91. The average Bonchev–Trinajstić information content (AvgIpc) is 3.13. The van der Waals surface area contributed by atoms with E-state index in [-0.39, 0.29) is 12.4 Å². The van der Waals surface area contributed by atoms with Crippen molar-refractivity contribution in [3.8, 4) is 22.9 Å². The van der Waals surface area contributed by atoms with Gasteiger partial charge in [0.1, 0.15) is 18.1 Å². The van der Waals surface area contributed by atoms with E-state index in [0.29, 0.717) is 31.8 Å². The number of hydrogen-bond donors (Lipinski definition) is 0. The Kier molecular flexibility index (Phi) is 7.68. The zero-order valence-corrected chi connectivity index (χ0v) is 17.5. The van der Waals surface area contributed by atoms with Crippen molar-refractivity contribution in [3.05, 3.63) is 71.4 Å². The molecule has 0 N–H and O–H groups in total. The van der Waals surface area contributed by atoms with Crippen LogP contribution in [0.1, 0.15) is 12.8 Å². The van der Waals surface area contributed by atoms with Crippen LogP contribution in [0.25, 0.3) is 11.4 Å². The van der Waals surface area contributed by atoms with E-state index >= 15 is 0 Å². The summed E-state index contributed by atoms with van der Waals surface area (Å²) in [5.41, 5.74) is 1.36. The molecule has 0 aliphatic heterocycles. The molecule has 6 nitrogen and oxygen atoms in total. The van der Waals surface area contributed by atoms with Gasteiger partial charge in [-0.15, -0.1) is 0 Å². The lowest BCUT2D eigenvalue weighted by Gasteiger charge is -2.11. The van der Waals surface area contributed by atoms with Gasteiger partial charge in [-0.1, -0.05) is 0 Å². The number of aromatic nitrogens is 2. The molecule has 160 valence electrons. The first kappa shape index (κ1) is 21.6. The number of unbranched alkanes of at least 4 members (excludes halogenated alkanes) is 1. The van der Waals surface area contributed by atoms with Crippen LogP contribution >= 0.6 is 0 Å². The first-order valence-electron chi connectivity index (χ1n) is 10.1. The van der Waals surface area contributed by atoms with Crippen molar-refractivity contribution in [3.63, 3.8) is 0 Å². The van der Waals surface area contributed by atoms with E-state index in [1.807, 2.05) is 62.6 Å².